The first-order chi connectivity index (χ1) is 14.1. The van der Waals surface area contributed by atoms with Crippen molar-refractivity contribution in [1.82, 2.24) is 10.2 Å². The molecule has 0 aliphatic carbocycles. The average Bonchev–Trinajstić information content (AvgIpc) is 2.96. The third-order valence-electron chi connectivity index (χ3n) is 5.86. The Hall–Kier alpha value is -2.55. The molecular weight excluding hydrogens is 386 g/mol. The summed E-state index contributed by atoms with van der Waals surface area (Å²) in [5.41, 5.74) is 1.80. The zero-order valence-electron chi connectivity index (χ0n) is 16.2. The number of benzene rings is 2. The van der Waals surface area contributed by atoms with Gasteiger partial charge in [-0.3, -0.25) is 9.69 Å². The molecule has 0 radical (unpaired) electrons. The van der Waals surface area contributed by atoms with E-state index in [0.29, 0.717) is 23.4 Å². The lowest BCUT2D eigenvalue weighted by atomic mass is 9.96. The van der Waals surface area contributed by atoms with Crippen molar-refractivity contribution in [2.75, 3.05) is 6.61 Å². The highest BCUT2D eigenvalue weighted by Crippen LogP contribution is 2.37. The molecule has 2 bridgehead atoms. The number of hydrogen-bond donors (Lipinski definition) is 1. The molecule has 2 aliphatic rings. The van der Waals surface area contributed by atoms with Gasteiger partial charge in [0.15, 0.2) is 6.61 Å². The number of amides is 1. The molecule has 0 spiro atoms. The summed E-state index contributed by atoms with van der Waals surface area (Å²) in [6, 6.07) is 18.2. The van der Waals surface area contributed by atoms with E-state index in [1.165, 1.54) is 18.4 Å². The van der Waals surface area contributed by atoms with E-state index in [9.17, 15) is 4.79 Å². The fourth-order valence-corrected chi connectivity index (χ4v) is 4.65. The van der Waals surface area contributed by atoms with Crippen LogP contribution in [0.2, 0.25) is 5.02 Å². The maximum Gasteiger partial charge on any atom is 0.258 e. The summed E-state index contributed by atoms with van der Waals surface area (Å²) in [4.78, 5) is 14.9. The second-order valence-corrected chi connectivity index (χ2v) is 8.28. The minimum atomic E-state index is -0.108. The largest absolute Gasteiger partial charge is 0.484 e. The molecule has 4 rings (SSSR count). The number of halogens is 1. The zero-order valence-corrected chi connectivity index (χ0v) is 16.9. The topological polar surface area (TPSA) is 65.4 Å². The fourth-order valence-electron chi connectivity index (χ4n) is 4.52. The lowest BCUT2D eigenvalue weighted by Gasteiger charge is -2.39. The number of nitrogens with zero attached hydrogens (tertiary/aromatic N) is 2. The van der Waals surface area contributed by atoms with Crippen LogP contribution in [-0.4, -0.2) is 35.5 Å². The second kappa shape index (κ2) is 8.86. The number of ether oxygens (including phenoxy) is 1. The van der Waals surface area contributed by atoms with Gasteiger partial charge in [0.25, 0.3) is 5.91 Å². The lowest BCUT2D eigenvalue weighted by molar-refractivity contribution is -0.124. The summed E-state index contributed by atoms with van der Waals surface area (Å²) in [6.45, 7) is 0.903. The Labute approximate surface area is 176 Å². The number of rotatable bonds is 6. The predicted octanol–water partition coefficient (Wildman–Crippen LogP) is 3.90. The van der Waals surface area contributed by atoms with Gasteiger partial charge in [0.05, 0.1) is 11.6 Å². The number of carbonyl (C=O) groups excluding carboxylic acids is 1. The van der Waals surface area contributed by atoms with Crippen LogP contribution in [0.25, 0.3) is 0 Å². The summed E-state index contributed by atoms with van der Waals surface area (Å²) in [6.07, 6.45) is 4.31. The van der Waals surface area contributed by atoms with Crippen molar-refractivity contribution in [3.63, 3.8) is 0 Å². The van der Waals surface area contributed by atoms with Crippen LogP contribution in [0.15, 0.2) is 48.5 Å². The number of fused-ring (bicyclic) bond motifs is 2. The Morgan fingerprint density at radius 2 is 1.90 bits per heavy atom. The first-order valence-electron chi connectivity index (χ1n) is 10.0. The van der Waals surface area contributed by atoms with Gasteiger partial charge in [0, 0.05) is 29.7 Å². The maximum atomic E-state index is 12.4. The molecule has 1 N–H and O–H groups in total. The van der Waals surface area contributed by atoms with Gasteiger partial charge >= 0.3 is 0 Å². The Morgan fingerprint density at radius 3 is 2.59 bits per heavy atom. The first kappa shape index (κ1) is 19.8. The average molecular weight is 410 g/mol. The van der Waals surface area contributed by atoms with Crippen molar-refractivity contribution in [3.8, 4) is 11.8 Å². The molecule has 0 unspecified atom stereocenters. The quantitative estimate of drug-likeness (QED) is 0.785. The highest BCUT2D eigenvalue weighted by atomic mass is 35.5. The molecule has 1 amide bonds. The van der Waals surface area contributed by atoms with Gasteiger partial charge in [-0.25, -0.2) is 0 Å². The van der Waals surface area contributed by atoms with Crippen molar-refractivity contribution in [2.45, 2.75) is 50.4 Å². The van der Waals surface area contributed by atoms with Crippen LogP contribution in [0.3, 0.4) is 0 Å². The molecule has 3 atom stereocenters. The van der Waals surface area contributed by atoms with Crippen molar-refractivity contribution in [1.29, 1.82) is 5.26 Å². The van der Waals surface area contributed by atoms with E-state index in [0.717, 1.165) is 24.4 Å². The molecule has 6 heteroatoms. The summed E-state index contributed by atoms with van der Waals surface area (Å²) in [5.74, 6) is 0.431. The smallest absolute Gasteiger partial charge is 0.258 e. The van der Waals surface area contributed by atoms with Crippen LogP contribution in [0.1, 0.15) is 36.8 Å². The van der Waals surface area contributed by atoms with Crippen molar-refractivity contribution >= 4 is 17.5 Å². The van der Waals surface area contributed by atoms with E-state index in [4.69, 9.17) is 21.6 Å². The first-order valence-corrected chi connectivity index (χ1v) is 10.4. The van der Waals surface area contributed by atoms with Crippen LogP contribution in [0, 0.1) is 11.3 Å². The number of carbonyl (C=O) groups is 1. The summed E-state index contributed by atoms with van der Waals surface area (Å²) in [7, 11) is 0. The monoisotopic (exact) mass is 409 g/mol. The van der Waals surface area contributed by atoms with E-state index in [2.05, 4.69) is 28.4 Å². The number of hydrogen-bond acceptors (Lipinski definition) is 4. The Kier molecular flexibility index (Phi) is 6.03. The summed E-state index contributed by atoms with van der Waals surface area (Å²) < 4.78 is 5.55. The number of nitriles is 1. The van der Waals surface area contributed by atoms with Gasteiger partial charge in [-0.05, 0) is 61.6 Å². The molecule has 5 nitrogen and oxygen atoms in total. The molecule has 0 saturated carbocycles. The number of nitrogens with one attached hydrogen (secondary N) is 1. The molecule has 150 valence electrons. The van der Waals surface area contributed by atoms with E-state index in [1.54, 1.807) is 24.3 Å². The predicted molar refractivity (Wildman–Crippen MR) is 112 cm³/mol. The van der Waals surface area contributed by atoms with Gasteiger partial charge in [-0.15, -0.1) is 0 Å². The molecule has 2 saturated heterocycles. The highest BCUT2D eigenvalue weighted by molar-refractivity contribution is 6.30. The molecule has 2 heterocycles. The zero-order chi connectivity index (χ0) is 20.2. The minimum Gasteiger partial charge on any atom is -0.484 e. The Bertz CT molecular complexity index is 895. The third kappa shape index (κ3) is 4.90. The normalized spacial score (nSPS) is 23.4. The fraction of sp³-hybridized carbons (Fsp3) is 0.391. The standard InChI is InChI=1S/C23H24ClN3O2/c24-18-6-4-16(5-7-18)14-27-20-8-9-21(27)12-19(11-20)26-23(28)15-29-22-3-1-2-17(10-22)13-25/h1-7,10,19-21H,8-9,11-12,14-15H2,(H,26,28)/t19-,20+,21-. The molecule has 0 aromatic heterocycles. The molecule has 2 fully saturated rings. The van der Waals surface area contributed by atoms with Crippen molar-refractivity contribution < 1.29 is 9.53 Å². The highest BCUT2D eigenvalue weighted by Gasteiger charge is 2.40. The minimum absolute atomic E-state index is 0.0325. The molecule has 2 aromatic carbocycles. The van der Waals surface area contributed by atoms with Gasteiger partial charge in [0.2, 0.25) is 0 Å². The van der Waals surface area contributed by atoms with Gasteiger partial charge in [0.1, 0.15) is 5.75 Å². The summed E-state index contributed by atoms with van der Waals surface area (Å²) in [5, 5.41) is 12.8. The van der Waals surface area contributed by atoms with E-state index in [-0.39, 0.29) is 18.6 Å². The van der Waals surface area contributed by atoms with Crippen LogP contribution < -0.4 is 10.1 Å². The van der Waals surface area contributed by atoms with Crippen LogP contribution in [0.4, 0.5) is 0 Å². The van der Waals surface area contributed by atoms with Crippen molar-refractivity contribution in [2.24, 2.45) is 0 Å². The lowest BCUT2D eigenvalue weighted by Crippen LogP contribution is -2.50. The molecule has 2 aliphatic heterocycles. The third-order valence-corrected chi connectivity index (χ3v) is 6.11. The van der Waals surface area contributed by atoms with E-state index >= 15 is 0 Å². The molecule has 2 aromatic rings. The van der Waals surface area contributed by atoms with Crippen LogP contribution >= 0.6 is 11.6 Å². The van der Waals surface area contributed by atoms with Crippen molar-refractivity contribution in [3.05, 3.63) is 64.7 Å². The van der Waals surface area contributed by atoms with Gasteiger partial charge in [-0.1, -0.05) is 29.8 Å². The van der Waals surface area contributed by atoms with Gasteiger partial charge in [-0.2, -0.15) is 5.26 Å². The van der Waals surface area contributed by atoms with Gasteiger partial charge < -0.3 is 10.1 Å². The molecule has 29 heavy (non-hydrogen) atoms. The SMILES string of the molecule is N#Cc1cccc(OCC(=O)N[C@H]2C[C@H]3CC[C@@H](C2)N3Cc2ccc(Cl)cc2)c1. The van der Waals surface area contributed by atoms with E-state index in [1.807, 2.05) is 12.1 Å². The number of piperidine rings is 1. The summed E-state index contributed by atoms with van der Waals surface area (Å²) >= 11 is 5.99. The Balaban J connectivity index is 1.28. The van der Waals surface area contributed by atoms with E-state index < -0.39 is 0 Å². The maximum absolute atomic E-state index is 12.4. The Morgan fingerprint density at radius 1 is 1.17 bits per heavy atom. The van der Waals surface area contributed by atoms with Crippen LogP contribution in [-0.2, 0) is 11.3 Å². The second-order valence-electron chi connectivity index (χ2n) is 7.85. The molecular formula is C23H24ClN3O2. The van der Waals surface area contributed by atoms with Crippen LogP contribution in [0.5, 0.6) is 5.75 Å².